The minimum atomic E-state index is -0.432. The Morgan fingerprint density at radius 1 is 1.35 bits per heavy atom. The molecule has 0 amide bonds. The summed E-state index contributed by atoms with van der Waals surface area (Å²) < 4.78 is 11.1. The fourth-order valence-electron chi connectivity index (χ4n) is 3.15. The van der Waals surface area contributed by atoms with Crippen molar-refractivity contribution < 1.29 is 14.4 Å². The van der Waals surface area contributed by atoms with Gasteiger partial charge >= 0.3 is 5.69 Å². The van der Waals surface area contributed by atoms with Gasteiger partial charge in [-0.3, -0.25) is 15.2 Å². The largest absolute Gasteiger partial charge is 0.493 e. The molecule has 2 heterocycles. The lowest BCUT2D eigenvalue weighted by Crippen LogP contribution is -2.23. The van der Waals surface area contributed by atoms with Crippen molar-refractivity contribution >= 4 is 5.69 Å². The molecule has 3 rings (SSSR count). The molecule has 1 aliphatic heterocycles. The van der Waals surface area contributed by atoms with Crippen molar-refractivity contribution in [3.8, 4) is 22.8 Å². The molecule has 1 aromatic carbocycles. The second kappa shape index (κ2) is 8.18. The van der Waals surface area contributed by atoms with Crippen molar-refractivity contribution in [2.24, 2.45) is 0 Å². The summed E-state index contributed by atoms with van der Waals surface area (Å²) in [6.45, 7) is 4.10. The molecule has 0 fully saturated rings. The van der Waals surface area contributed by atoms with E-state index in [-0.39, 0.29) is 11.4 Å². The highest BCUT2D eigenvalue weighted by Crippen LogP contribution is 2.42. The molecule has 1 aromatic heterocycles. The minimum Gasteiger partial charge on any atom is -0.493 e. The maximum absolute atomic E-state index is 11.6. The average Bonchev–Trinajstić information content (AvgIpc) is 3.09. The molecule has 0 saturated heterocycles. The SMILES string of the molecule is CCCCCOc1c(OC)cc(-c2n[nH]c3c2CNCC3)cc1[N+](=O)[O-]. The van der Waals surface area contributed by atoms with Gasteiger partial charge < -0.3 is 14.8 Å². The number of nitro benzene ring substituents is 1. The van der Waals surface area contributed by atoms with Gasteiger partial charge in [-0.1, -0.05) is 19.8 Å². The van der Waals surface area contributed by atoms with Crippen LogP contribution < -0.4 is 14.8 Å². The number of aromatic amines is 1. The summed E-state index contributed by atoms with van der Waals surface area (Å²) in [6, 6.07) is 3.27. The number of nitrogens with zero attached hydrogens (tertiary/aromatic N) is 2. The van der Waals surface area contributed by atoms with Crippen LogP contribution in [0.25, 0.3) is 11.3 Å². The Hall–Kier alpha value is -2.61. The van der Waals surface area contributed by atoms with E-state index in [1.807, 2.05) is 0 Å². The summed E-state index contributed by atoms with van der Waals surface area (Å²) in [5, 5.41) is 22.3. The van der Waals surface area contributed by atoms with Crippen molar-refractivity contribution in [2.75, 3.05) is 20.3 Å². The van der Waals surface area contributed by atoms with Gasteiger partial charge in [-0.2, -0.15) is 5.10 Å². The maximum Gasteiger partial charge on any atom is 0.315 e. The summed E-state index contributed by atoms with van der Waals surface area (Å²) in [5.41, 5.74) is 3.38. The molecule has 1 aliphatic rings. The molecule has 0 atom stereocenters. The van der Waals surface area contributed by atoms with E-state index >= 15 is 0 Å². The predicted molar refractivity (Wildman–Crippen MR) is 97.7 cm³/mol. The van der Waals surface area contributed by atoms with E-state index in [0.29, 0.717) is 30.2 Å². The van der Waals surface area contributed by atoms with Crippen LogP contribution in [0.5, 0.6) is 11.5 Å². The topological polar surface area (TPSA) is 102 Å². The summed E-state index contributed by atoms with van der Waals surface area (Å²) in [4.78, 5) is 11.2. The van der Waals surface area contributed by atoms with Gasteiger partial charge in [0.2, 0.25) is 5.75 Å². The van der Waals surface area contributed by atoms with Crippen LogP contribution in [-0.4, -0.2) is 35.4 Å². The van der Waals surface area contributed by atoms with E-state index in [4.69, 9.17) is 9.47 Å². The Bertz CT molecular complexity index is 788. The molecular weight excluding hydrogens is 336 g/mol. The molecule has 0 bridgehead atoms. The quantitative estimate of drug-likeness (QED) is 0.426. The number of H-pyrrole nitrogens is 1. The smallest absolute Gasteiger partial charge is 0.315 e. The lowest BCUT2D eigenvalue weighted by molar-refractivity contribution is -0.385. The molecule has 2 aromatic rings. The molecular formula is C18H24N4O4. The highest BCUT2D eigenvalue weighted by atomic mass is 16.6. The Labute approximate surface area is 152 Å². The first-order valence-electron chi connectivity index (χ1n) is 8.92. The molecule has 0 spiro atoms. The van der Waals surface area contributed by atoms with E-state index < -0.39 is 4.92 Å². The second-order valence-electron chi connectivity index (χ2n) is 6.30. The van der Waals surface area contributed by atoms with Gasteiger partial charge in [-0.15, -0.1) is 0 Å². The monoisotopic (exact) mass is 360 g/mol. The Morgan fingerprint density at radius 2 is 2.19 bits per heavy atom. The molecule has 26 heavy (non-hydrogen) atoms. The normalized spacial score (nSPS) is 13.3. The van der Waals surface area contributed by atoms with Crippen molar-refractivity contribution in [1.82, 2.24) is 15.5 Å². The fourth-order valence-corrected chi connectivity index (χ4v) is 3.15. The number of benzene rings is 1. The number of nitro groups is 1. The lowest BCUT2D eigenvalue weighted by Gasteiger charge is -2.15. The molecule has 0 unspecified atom stereocenters. The van der Waals surface area contributed by atoms with E-state index in [0.717, 1.165) is 43.5 Å². The third-order valence-electron chi connectivity index (χ3n) is 4.53. The van der Waals surface area contributed by atoms with Crippen molar-refractivity contribution in [3.05, 3.63) is 33.5 Å². The molecule has 140 valence electrons. The first-order valence-corrected chi connectivity index (χ1v) is 8.92. The van der Waals surface area contributed by atoms with Crippen LogP contribution in [0.2, 0.25) is 0 Å². The van der Waals surface area contributed by atoms with Gasteiger partial charge in [0.25, 0.3) is 0 Å². The summed E-state index contributed by atoms with van der Waals surface area (Å²) >= 11 is 0. The number of hydrogen-bond acceptors (Lipinski definition) is 6. The van der Waals surface area contributed by atoms with E-state index in [9.17, 15) is 10.1 Å². The number of aromatic nitrogens is 2. The summed E-state index contributed by atoms with van der Waals surface area (Å²) in [5.74, 6) is 0.533. The average molecular weight is 360 g/mol. The van der Waals surface area contributed by atoms with E-state index in [2.05, 4.69) is 22.4 Å². The van der Waals surface area contributed by atoms with E-state index in [1.165, 1.54) is 13.2 Å². The number of methoxy groups -OCH3 is 1. The van der Waals surface area contributed by atoms with Gasteiger partial charge in [-0.05, 0) is 12.5 Å². The van der Waals surface area contributed by atoms with Gasteiger partial charge in [0, 0.05) is 42.4 Å². The molecule has 0 radical (unpaired) electrons. The molecule has 0 saturated carbocycles. The van der Waals surface area contributed by atoms with Crippen LogP contribution in [0.1, 0.15) is 37.4 Å². The second-order valence-corrected chi connectivity index (χ2v) is 6.30. The number of unbranched alkanes of at least 4 members (excludes halogenated alkanes) is 2. The zero-order valence-corrected chi connectivity index (χ0v) is 15.1. The highest BCUT2D eigenvalue weighted by Gasteiger charge is 2.26. The standard InChI is InChI=1S/C18H24N4O4/c1-3-4-5-8-26-18-15(22(23)24)9-12(10-16(18)25-2)17-13-11-19-7-6-14(13)20-21-17/h9-10,19H,3-8,11H2,1-2H3,(H,20,21). The highest BCUT2D eigenvalue weighted by molar-refractivity contribution is 5.73. The van der Waals surface area contributed by atoms with Crippen LogP contribution in [0, 0.1) is 10.1 Å². The zero-order valence-electron chi connectivity index (χ0n) is 15.1. The Morgan fingerprint density at radius 3 is 2.92 bits per heavy atom. The Balaban J connectivity index is 1.99. The van der Waals surface area contributed by atoms with E-state index in [1.54, 1.807) is 6.07 Å². The van der Waals surface area contributed by atoms with Gasteiger partial charge in [0.1, 0.15) is 0 Å². The number of ether oxygens (including phenoxy) is 2. The fraction of sp³-hybridized carbons (Fsp3) is 0.500. The van der Waals surface area contributed by atoms with Crippen LogP contribution in [-0.2, 0) is 13.0 Å². The molecule has 2 N–H and O–H groups in total. The van der Waals surface area contributed by atoms with Gasteiger partial charge in [0.15, 0.2) is 5.75 Å². The van der Waals surface area contributed by atoms with Crippen LogP contribution >= 0.6 is 0 Å². The van der Waals surface area contributed by atoms with Crippen molar-refractivity contribution in [2.45, 2.75) is 39.2 Å². The van der Waals surface area contributed by atoms with Crippen LogP contribution in [0.4, 0.5) is 5.69 Å². The third-order valence-corrected chi connectivity index (χ3v) is 4.53. The number of hydrogen-bond donors (Lipinski definition) is 2. The first-order chi connectivity index (χ1) is 12.7. The Kier molecular flexibility index (Phi) is 5.72. The maximum atomic E-state index is 11.6. The lowest BCUT2D eigenvalue weighted by atomic mass is 10.0. The summed E-state index contributed by atoms with van der Waals surface area (Å²) in [7, 11) is 1.49. The molecule has 8 nitrogen and oxygen atoms in total. The minimum absolute atomic E-state index is 0.101. The van der Waals surface area contributed by atoms with Crippen LogP contribution in [0.15, 0.2) is 12.1 Å². The molecule has 0 aliphatic carbocycles. The number of fused-ring (bicyclic) bond motifs is 1. The number of rotatable bonds is 8. The predicted octanol–water partition coefficient (Wildman–Crippen LogP) is 3.21. The van der Waals surface area contributed by atoms with Crippen molar-refractivity contribution in [3.63, 3.8) is 0 Å². The first kappa shape index (κ1) is 18.2. The zero-order chi connectivity index (χ0) is 18.5. The van der Waals surface area contributed by atoms with Crippen molar-refractivity contribution in [1.29, 1.82) is 0 Å². The van der Waals surface area contributed by atoms with Crippen LogP contribution in [0.3, 0.4) is 0 Å². The third kappa shape index (κ3) is 3.65. The molecule has 8 heteroatoms. The summed E-state index contributed by atoms with van der Waals surface area (Å²) in [6.07, 6.45) is 3.78. The van der Waals surface area contributed by atoms with Gasteiger partial charge in [0.05, 0.1) is 24.3 Å². The number of nitrogens with one attached hydrogen (secondary N) is 2. The van der Waals surface area contributed by atoms with Gasteiger partial charge in [-0.25, -0.2) is 0 Å².